The Morgan fingerprint density at radius 2 is 1.95 bits per heavy atom. The lowest BCUT2D eigenvalue weighted by Gasteiger charge is -2.13. The number of amides is 1. The van der Waals surface area contributed by atoms with Crippen molar-refractivity contribution >= 4 is 45.8 Å². The minimum atomic E-state index is -0.666. The Balaban J connectivity index is 2.00. The monoisotopic (exact) mass is 416 g/mol. The van der Waals surface area contributed by atoms with E-state index in [1.807, 2.05) is 0 Å². The molecule has 0 aliphatic carbocycles. The van der Waals surface area contributed by atoms with E-state index in [1.165, 1.54) is 0 Å². The third-order valence-electron chi connectivity index (χ3n) is 2.92. The molecule has 0 fully saturated rings. The van der Waals surface area contributed by atoms with Crippen molar-refractivity contribution in [1.29, 1.82) is 0 Å². The Labute approximate surface area is 141 Å². The van der Waals surface area contributed by atoms with Crippen molar-refractivity contribution < 1.29 is 9.90 Å². The van der Waals surface area contributed by atoms with Crippen LogP contribution < -0.4 is 11.1 Å². The molecule has 0 radical (unpaired) electrons. The molecular weight excluding hydrogens is 403 g/mol. The number of hydrogen-bond acceptors (Lipinski definition) is 3. The molecule has 2 aromatic carbocycles. The van der Waals surface area contributed by atoms with Gasteiger partial charge in [0.2, 0.25) is 5.91 Å². The van der Waals surface area contributed by atoms with Gasteiger partial charge in [-0.3, -0.25) is 4.79 Å². The third kappa shape index (κ3) is 4.59. The van der Waals surface area contributed by atoms with E-state index in [2.05, 4.69) is 27.9 Å². The van der Waals surface area contributed by atoms with E-state index in [0.29, 0.717) is 17.1 Å². The minimum Gasteiger partial charge on any atom is -0.508 e. The van der Waals surface area contributed by atoms with Crippen molar-refractivity contribution in [2.45, 2.75) is 12.5 Å². The van der Waals surface area contributed by atoms with Gasteiger partial charge >= 0.3 is 0 Å². The maximum Gasteiger partial charge on any atom is 0.241 e. The number of carbonyl (C=O) groups is 1. The van der Waals surface area contributed by atoms with Crippen LogP contribution in [0.3, 0.4) is 0 Å². The van der Waals surface area contributed by atoms with Gasteiger partial charge in [-0.25, -0.2) is 0 Å². The zero-order valence-electron chi connectivity index (χ0n) is 11.0. The van der Waals surface area contributed by atoms with Crippen molar-refractivity contribution in [2.24, 2.45) is 5.73 Å². The average Bonchev–Trinajstić information content (AvgIpc) is 2.44. The highest BCUT2D eigenvalue weighted by Gasteiger charge is 2.15. The number of rotatable bonds is 4. The number of benzene rings is 2. The summed E-state index contributed by atoms with van der Waals surface area (Å²) in [5, 5.41) is 12.6. The number of halogens is 2. The Kier molecular flexibility index (Phi) is 5.44. The van der Waals surface area contributed by atoms with Crippen LogP contribution in [-0.4, -0.2) is 17.1 Å². The van der Waals surface area contributed by atoms with E-state index in [1.54, 1.807) is 42.5 Å². The molecule has 21 heavy (non-hydrogen) atoms. The molecule has 2 aromatic rings. The molecule has 110 valence electrons. The van der Waals surface area contributed by atoms with Gasteiger partial charge < -0.3 is 16.2 Å². The maximum atomic E-state index is 12.1. The van der Waals surface area contributed by atoms with Gasteiger partial charge in [-0.15, -0.1) is 0 Å². The summed E-state index contributed by atoms with van der Waals surface area (Å²) in [6.45, 7) is 0. The fourth-order valence-corrected chi connectivity index (χ4v) is 2.80. The first-order chi connectivity index (χ1) is 9.95. The summed E-state index contributed by atoms with van der Waals surface area (Å²) in [5.74, 6) is -0.0733. The summed E-state index contributed by atoms with van der Waals surface area (Å²) in [4.78, 5) is 12.1. The second-order valence-corrected chi connectivity index (χ2v) is 6.19. The fourth-order valence-electron chi connectivity index (χ4n) is 1.79. The quantitative estimate of drug-likeness (QED) is 0.670. The molecule has 0 unspecified atom stereocenters. The smallest absolute Gasteiger partial charge is 0.241 e. The molecule has 0 heterocycles. The number of aromatic hydroxyl groups is 1. The van der Waals surface area contributed by atoms with Crippen LogP contribution in [0, 0.1) is 3.57 Å². The predicted octanol–water partition coefficient (Wildman–Crippen LogP) is 3.16. The van der Waals surface area contributed by atoms with Crippen LogP contribution in [0.2, 0.25) is 5.02 Å². The zero-order chi connectivity index (χ0) is 15.4. The Hall–Kier alpha value is -1.31. The molecule has 6 heteroatoms. The largest absolute Gasteiger partial charge is 0.508 e. The first-order valence-electron chi connectivity index (χ1n) is 6.25. The Morgan fingerprint density at radius 3 is 2.57 bits per heavy atom. The Bertz CT molecular complexity index is 647. The number of phenolic OH excluding ortho intramolecular Hbond substituents is 1. The third-order valence-corrected chi connectivity index (χ3v) is 4.05. The lowest BCUT2D eigenvalue weighted by molar-refractivity contribution is -0.117. The average molecular weight is 417 g/mol. The molecule has 4 N–H and O–H groups in total. The van der Waals surface area contributed by atoms with Crippen LogP contribution in [0.1, 0.15) is 5.56 Å². The van der Waals surface area contributed by atoms with Gasteiger partial charge in [-0.1, -0.05) is 23.7 Å². The summed E-state index contributed by atoms with van der Waals surface area (Å²) >= 11 is 7.98. The van der Waals surface area contributed by atoms with E-state index >= 15 is 0 Å². The van der Waals surface area contributed by atoms with E-state index < -0.39 is 6.04 Å². The molecular formula is C15H14ClIN2O2. The first-order valence-corrected chi connectivity index (χ1v) is 7.71. The van der Waals surface area contributed by atoms with Gasteiger partial charge in [0, 0.05) is 8.59 Å². The highest BCUT2D eigenvalue weighted by molar-refractivity contribution is 14.1. The van der Waals surface area contributed by atoms with Crippen LogP contribution >= 0.6 is 34.2 Å². The minimum absolute atomic E-state index is 0.187. The molecule has 0 bridgehead atoms. The van der Waals surface area contributed by atoms with Gasteiger partial charge in [-0.2, -0.15) is 0 Å². The van der Waals surface area contributed by atoms with Crippen molar-refractivity contribution in [3.63, 3.8) is 0 Å². The molecule has 4 nitrogen and oxygen atoms in total. The molecule has 0 spiro atoms. The molecule has 1 atom stereocenters. The summed E-state index contributed by atoms with van der Waals surface area (Å²) in [5.41, 5.74) is 7.49. The summed E-state index contributed by atoms with van der Waals surface area (Å²) in [6.07, 6.45) is 0.399. The number of phenols is 1. The van der Waals surface area contributed by atoms with Crippen LogP contribution in [-0.2, 0) is 11.2 Å². The van der Waals surface area contributed by atoms with Gasteiger partial charge in [0.1, 0.15) is 5.75 Å². The highest BCUT2D eigenvalue weighted by Crippen LogP contribution is 2.22. The molecule has 1 amide bonds. The molecule has 0 saturated carbocycles. The van der Waals surface area contributed by atoms with Crippen LogP contribution in [0.5, 0.6) is 5.75 Å². The van der Waals surface area contributed by atoms with Crippen LogP contribution in [0.4, 0.5) is 5.69 Å². The van der Waals surface area contributed by atoms with Crippen molar-refractivity contribution in [1.82, 2.24) is 0 Å². The molecule has 0 aromatic heterocycles. The molecule has 0 aliphatic rings. The number of nitrogens with one attached hydrogen (secondary N) is 1. The summed E-state index contributed by atoms with van der Waals surface area (Å²) in [7, 11) is 0. The molecule has 0 saturated heterocycles. The fraction of sp³-hybridized carbons (Fsp3) is 0.133. The SMILES string of the molecule is N[C@H](Cc1ccc(O)cc1)C(=O)Nc1ccc(Cl)cc1I. The van der Waals surface area contributed by atoms with E-state index in [0.717, 1.165) is 9.13 Å². The topological polar surface area (TPSA) is 75.3 Å². The predicted molar refractivity (Wildman–Crippen MR) is 92.6 cm³/mol. The van der Waals surface area contributed by atoms with E-state index in [9.17, 15) is 9.90 Å². The Morgan fingerprint density at radius 1 is 1.29 bits per heavy atom. The van der Waals surface area contributed by atoms with E-state index in [-0.39, 0.29) is 11.7 Å². The molecule has 2 rings (SSSR count). The number of hydrogen-bond donors (Lipinski definition) is 3. The standard InChI is InChI=1S/C15H14ClIN2O2/c16-10-3-6-14(12(17)8-10)19-15(21)13(18)7-9-1-4-11(20)5-2-9/h1-6,8,13,20H,7,18H2,(H,19,21)/t13-/m1/s1. The van der Waals surface area contributed by atoms with Crippen molar-refractivity contribution in [3.05, 3.63) is 56.6 Å². The summed E-state index contributed by atoms with van der Waals surface area (Å²) < 4.78 is 0.852. The van der Waals surface area contributed by atoms with Gasteiger partial charge in [0.15, 0.2) is 0 Å². The van der Waals surface area contributed by atoms with Gasteiger partial charge in [-0.05, 0) is 64.9 Å². The van der Waals surface area contributed by atoms with Crippen LogP contribution in [0.25, 0.3) is 0 Å². The number of nitrogens with two attached hydrogens (primary N) is 1. The maximum absolute atomic E-state index is 12.1. The molecule has 0 aliphatic heterocycles. The normalized spacial score (nSPS) is 12.0. The van der Waals surface area contributed by atoms with Crippen LogP contribution in [0.15, 0.2) is 42.5 Å². The second-order valence-electron chi connectivity index (χ2n) is 4.59. The number of anilines is 1. The lowest BCUT2D eigenvalue weighted by Crippen LogP contribution is -2.37. The zero-order valence-corrected chi connectivity index (χ0v) is 13.9. The van der Waals surface area contributed by atoms with Gasteiger partial charge in [0.05, 0.1) is 11.7 Å². The lowest BCUT2D eigenvalue weighted by atomic mass is 10.1. The number of carbonyl (C=O) groups excluding carboxylic acids is 1. The van der Waals surface area contributed by atoms with Gasteiger partial charge in [0.25, 0.3) is 0 Å². The summed E-state index contributed by atoms with van der Waals surface area (Å²) in [6, 6.07) is 11.2. The first kappa shape index (κ1) is 16.1. The van der Waals surface area contributed by atoms with Crippen molar-refractivity contribution in [2.75, 3.05) is 5.32 Å². The van der Waals surface area contributed by atoms with Crippen molar-refractivity contribution in [3.8, 4) is 5.75 Å². The van der Waals surface area contributed by atoms with E-state index in [4.69, 9.17) is 17.3 Å². The highest BCUT2D eigenvalue weighted by atomic mass is 127. The second kappa shape index (κ2) is 7.11.